The van der Waals surface area contributed by atoms with E-state index in [0.29, 0.717) is 35.6 Å². The monoisotopic (exact) mass is 356 g/mol. The Kier molecular flexibility index (Phi) is 4.66. The van der Waals surface area contributed by atoms with Crippen LogP contribution in [0.5, 0.6) is 5.75 Å². The van der Waals surface area contributed by atoms with Gasteiger partial charge in [-0.05, 0) is 51.9 Å². The van der Waals surface area contributed by atoms with Crippen molar-refractivity contribution in [1.82, 2.24) is 4.90 Å². The van der Waals surface area contributed by atoms with Crippen molar-refractivity contribution in [3.63, 3.8) is 0 Å². The van der Waals surface area contributed by atoms with Crippen LogP contribution in [0.3, 0.4) is 0 Å². The lowest BCUT2D eigenvalue weighted by Crippen LogP contribution is -2.33. The van der Waals surface area contributed by atoms with Crippen LogP contribution >= 0.6 is 15.9 Å². The van der Waals surface area contributed by atoms with Gasteiger partial charge >= 0.3 is 6.09 Å². The first-order chi connectivity index (χ1) is 9.81. The number of anilines is 1. The van der Waals surface area contributed by atoms with Crippen molar-refractivity contribution in [2.75, 3.05) is 18.8 Å². The van der Waals surface area contributed by atoms with E-state index in [2.05, 4.69) is 29.8 Å². The van der Waals surface area contributed by atoms with Crippen LogP contribution in [0.1, 0.15) is 37.3 Å². The molecule has 0 radical (unpaired) electrons. The maximum absolute atomic E-state index is 11.3. The lowest BCUT2D eigenvalue weighted by Gasteiger charge is -2.24. The molecule has 116 valence electrons. The number of carboxylic acid groups (broad SMARTS) is 1. The van der Waals surface area contributed by atoms with E-state index in [4.69, 9.17) is 5.73 Å². The third-order valence-corrected chi connectivity index (χ3v) is 4.80. The largest absolute Gasteiger partial charge is 0.505 e. The molecule has 2 rings (SSSR count). The van der Waals surface area contributed by atoms with Crippen LogP contribution in [0.2, 0.25) is 0 Å². The summed E-state index contributed by atoms with van der Waals surface area (Å²) in [6, 6.07) is 1.80. The second kappa shape index (κ2) is 6.13. The molecule has 4 N–H and O–H groups in total. The summed E-state index contributed by atoms with van der Waals surface area (Å²) < 4.78 is 0.596. The summed E-state index contributed by atoms with van der Waals surface area (Å²) in [5.41, 5.74) is 8.22. The fraction of sp³-hybridized carbons (Fsp3) is 0.533. The lowest BCUT2D eigenvalue weighted by atomic mass is 9.87. The SMILES string of the molecule is CC(C)CC1CN(C(=O)O)CCc2c1cc(N)c(O)c2Br. The second-order valence-electron chi connectivity index (χ2n) is 6.00. The summed E-state index contributed by atoms with van der Waals surface area (Å²) in [5.74, 6) is 0.587. The van der Waals surface area contributed by atoms with E-state index < -0.39 is 6.09 Å². The van der Waals surface area contributed by atoms with E-state index in [-0.39, 0.29) is 11.7 Å². The second-order valence-corrected chi connectivity index (χ2v) is 6.79. The Hall–Kier alpha value is -1.43. The number of carbonyl (C=O) groups is 1. The molecule has 0 fully saturated rings. The van der Waals surface area contributed by atoms with Gasteiger partial charge < -0.3 is 20.8 Å². The number of halogens is 1. The van der Waals surface area contributed by atoms with Crippen LogP contribution in [-0.4, -0.2) is 34.3 Å². The maximum Gasteiger partial charge on any atom is 0.407 e. The molecule has 1 atom stereocenters. The van der Waals surface area contributed by atoms with Gasteiger partial charge in [-0.15, -0.1) is 0 Å². The fourth-order valence-electron chi connectivity index (χ4n) is 2.98. The topological polar surface area (TPSA) is 86.8 Å². The normalized spacial score (nSPS) is 18.5. The van der Waals surface area contributed by atoms with Gasteiger partial charge in [0.25, 0.3) is 0 Å². The predicted molar refractivity (Wildman–Crippen MR) is 85.7 cm³/mol. The number of nitrogen functional groups attached to an aromatic ring is 1. The van der Waals surface area contributed by atoms with Crippen LogP contribution in [0.4, 0.5) is 10.5 Å². The van der Waals surface area contributed by atoms with Crippen LogP contribution in [0, 0.1) is 5.92 Å². The predicted octanol–water partition coefficient (Wildman–Crippen LogP) is 3.40. The standard InChI is InChI=1S/C15H21BrN2O3/c1-8(2)5-9-7-18(15(20)21)4-3-10-11(9)6-12(17)14(19)13(10)16/h6,8-9,19H,3-5,7,17H2,1-2H3,(H,20,21). The molecule has 0 aromatic heterocycles. The zero-order chi connectivity index (χ0) is 15.7. The number of nitrogens with two attached hydrogens (primary N) is 1. The minimum Gasteiger partial charge on any atom is -0.505 e. The quantitative estimate of drug-likeness (QED) is 0.559. The Bertz CT molecular complexity index is 560. The average Bonchev–Trinajstić information content (AvgIpc) is 2.56. The van der Waals surface area contributed by atoms with E-state index >= 15 is 0 Å². The zero-order valence-corrected chi connectivity index (χ0v) is 13.9. The molecule has 1 aliphatic rings. The molecule has 0 saturated heterocycles. The fourth-order valence-corrected chi connectivity index (χ4v) is 3.64. The highest BCUT2D eigenvalue weighted by Gasteiger charge is 2.29. The molecule has 1 heterocycles. The Morgan fingerprint density at radius 3 is 2.81 bits per heavy atom. The molecule has 1 aliphatic heterocycles. The molecular formula is C15H21BrN2O3. The van der Waals surface area contributed by atoms with E-state index in [1.807, 2.05) is 0 Å². The van der Waals surface area contributed by atoms with Crippen molar-refractivity contribution in [2.45, 2.75) is 32.6 Å². The molecule has 1 unspecified atom stereocenters. The molecule has 0 bridgehead atoms. The van der Waals surface area contributed by atoms with Crippen LogP contribution in [0.15, 0.2) is 10.5 Å². The number of fused-ring (bicyclic) bond motifs is 1. The number of amides is 1. The van der Waals surface area contributed by atoms with Gasteiger partial charge in [-0.3, -0.25) is 0 Å². The van der Waals surface area contributed by atoms with Crippen molar-refractivity contribution in [3.05, 3.63) is 21.7 Å². The number of hydrogen-bond acceptors (Lipinski definition) is 3. The number of rotatable bonds is 2. The summed E-state index contributed by atoms with van der Waals surface area (Å²) >= 11 is 3.41. The minimum absolute atomic E-state index is 0.0424. The van der Waals surface area contributed by atoms with Gasteiger partial charge in [-0.1, -0.05) is 13.8 Å². The van der Waals surface area contributed by atoms with Crippen molar-refractivity contribution >= 4 is 27.7 Å². The number of phenolic OH excluding ortho intramolecular Hbond substituents is 1. The number of hydrogen-bond donors (Lipinski definition) is 3. The molecule has 0 aliphatic carbocycles. The number of benzene rings is 1. The molecule has 21 heavy (non-hydrogen) atoms. The van der Waals surface area contributed by atoms with Crippen LogP contribution in [-0.2, 0) is 6.42 Å². The molecular weight excluding hydrogens is 336 g/mol. The maximum atomic E-state index is 11.3. The van der Waals surface area contributed by atoms with Gasteiger partial charge in [0.1, 0.15) is 0 Å². The van der Waals surface area contributed by atoms with Crippen molar-refractivity contribution in [3.8, 4) is 5.75 Å². The summed E-state index contributed by atoms with van der Waals surface area (Å²) in [7, 11) is 0. The summed E-state index contributed by atoms with van der Waals surface area (Å²) in [6.45, 7) is 5.14. The lowest BCUT2D eigenvalue weighted by molar-refractivity contribution is 0.142. The highest BCUT2D eigenvalue weighted by Crippen LogP contribution is 2.41. The van der Waals surface area contributed by atoms with Gasteiger partial charge in [0.2, 0.25) is 0 Å². The van der Waals surface area contributed by atoms with E-state index in [1.54, 1.807) is 6.07 Å². The summed E-state index contributed by atoms with van der Waals surface area (Å²) in [4.78, 5) is 12.8. The summed E-state index contributed by atoms with van der Waals surface area (Å²) in [6.07, 6.45) is 0.558. The van der Waals surface area contributed by atoms with E-state index in [0.717, 1.165) is 17.5 Å². The zero-order valence-electron chi connectivity index (χ0n) is 12.3. The number of nitrogens with zero attached hydrogens (tertiary/aromatic N) is 1. The van der Waals surface area contributed by atoms with Gasteiger partial charge in [0.05, 0.1) is 10.2 Å². The number of aromatic hydroxyl groups is 1. The Morgan fingerprint density at radius 2 is 2.24 bits per heavy atom. The first-order valence-corrected chi connectivity index (χ1v) is 7.88. The van der Waals surface area contributed by atoms with Crippen LogP contribution in [0.25, 0.3) is 0 Å². The summed E-state index contributed by atoms with van der Waals surface area (Å²) in [5, 5.41) is 19.3. The van der Waals surface area contributed by atoms with Crippen molar-refractivity contribution in [1.29, 1.82) is 0 Å². The van der Waals surface area contributed by atoms with Crippen molar-refractivity contribution in [2.24, 2.45) is 5.92 Å². The Balaban J connectivity index is 2.49. The Labute approximate surface area is 132 Å². The van der Waals surface area contributed by atoms with Gasteiger partial charge in [-0.25, -0.2) is 4.79 Å². The highest BCUT2D eigenvalue weighted by molar-refractivity contribution is 9.10. The molecule has 0 saturated carbocycles. The average molecular weight is 357 g/mol. The van der Waals surface area contributed by atoms with Crippen molar-refractivity contribution < 1.29 is 15.0 Å². The first kappa shape index (κ1) is 15.9. The molecule has 6 heteroatoms. The Morgan fingerprint density at radius 1 is 1.57 bits per heavy atom. The van der Waals surface area contributed by atoms with E-state index in [1.165, 1.54) is 4.90 Å². The van der Waals surface area contributed by atoms with Gasteiger partial charge in [-0.2, -0.15) is 0 Å². The van der Waals surface area contributed by atoms with Gasteiger partial charge in [0, 0.05) is 19.0 Å². The number of phenols is 1. The van der Waals surface area contributed by atoms with Crippen LogP contribution < -0.4 is 5.73 Å². The third kappa shape index (κ3) is 3.26. The molecule has 0 spiro atoms. The third-order valence-electron chi connectivity index (χ3n) is 3.94. The first-order valence-electron chi connectivity index (χ1n) is 7.08. The molecule has 1 aromatic rings. The van der Waals surface area contributed by atoms with E-state index in [9.17, 15) is 15.0 Å². The smallest absolute Gasteiger partial charge is 0.407 e. The van der Waals surface area contributed by atoms with Gasteiger partial charge in [0.15, 0.2) is 5.75 Å². The molecule has 1 aromatic carbocycles. The minimum atomic E-state index is -0.898. The highest BCUT2D eigenvalue weighted by atomic mass is 79.9. The molecule has 1 amide bonds. The molecule has 5 nitrogen and oxygen atoms in total.